The van der Waals surface area contributed by atoms with E-state index in [0.29, 0.717) is 57.8 Å². The van der Waals surface area contributed by atoms with E-state index < -0.39 is 17.9 Å². The first-order chi connectivity index (χ1) is 19.3. The van der Waals surface area contributed by atoms with Crippen molar-refractivity contribution in [3.63, 3.8) is 0 Å². The van der Waals surface area contributed by atoms with Crippen LogP contribution in [0.15, 0.2) is 18.2 Å². The number of ketones is 2. The molecule has 0 bridgehead atoms. The zero-order valence-corrected chi connectivity index (χ0v) is 23.5. The molecule has 0 spiro atoms. The van der Waals surface area contributed by atoms with E-state index in [-0.39, 0.29) is 48.0 Å². The lowest BCUT2D eigenvalue weighted by Crippen LogP contribution is -2.52. The molecule has 1 unspecified atom stereocenters. The van der Waals surface area contributed by atoms with Gasteiger partial charge in [0.25, 0.3) is 11.8 Å². The van der Waals surface area contributed by atoms with Gasteiger partial charge in [0.1, 0.15) is 5.78 Å². The fourth-order valence-corrected chi connectivity index (χ4v) is 4.86. The number of Topliss-reactive ketones (excluding diaryl/α,β-unsaturated/α-hetero) is 2. The molecule has 216 valence electrons. The number of fused-ring (bicyclic) bond motifs is 1. The van der Waals surface area contributed by atoms with Crippen LogP contribution in [0, 0.1) is 11.8 Å². The van der Waals surface area contributed by atoms with Crippen molar-refractivity contribution in [3.05, 3.63) is 34.9 Å². The number of imide groups is 1. The molecule has 3 rings (SSSR count). The molecule has 2 heterocycles. The minimum atomic E-state index is -0.981. The van der Waals surface area contributed by atoms with Crippen LogP contribution >= 0.6 is 0 Å². The summed E-state index contributed by atoms with van der Waals surface area (Å²) in [5.74, 6) is 4.60. The molecule has 1 atom stereocenters. The molecule has 2 aliphatic heterocycles. The first-order valence-corrected chi connectivity index (χ1v) is 13.9. The Kier molecular flexibility index (Phi) is 12.0. The molecule has 1 aromatic carbocycles. The molecule has 11 heteroatoms. The lowest BCUT2D eigenvalue weighted by atomic mass is 10.0. The SMILES string of the molecule is CCCC(=O)CCC(C(C)=O)N1C(=O)c2cccc(C#CCNCCNCC(=O)N3CCN(CN)CC3)c2C1=O. The lowest BCUT2D eigenvalue weighted by Gasteiger charge is -2.33. The third-order valence-electron chi connectivity index (χ3n) is 7.13. The summed E-state index contributed by atoms with van der Waals surface area (Å²) in [4.78, 5) is 68.0. The highest BCUT2D eigenvalue weighted by Crippen LogP contribution is 2.29. The zero-order chi connectivity index (χ0) is 29.1. The highest BCUT2D eigenvalue weighted by molar-refractivity contribution is 6.23. The lowest BCUT2D eigenvalue weighted by molar-refractivity contribution is -0.132. The highest BCUT2D eigenvalue weighted by atomic mass is 16.2. The second kappa shape index (κ2) is 15.4. The van der Waals surface area contributed by atoms with Crippen LogP contribution in [0.5, 0.6) is 0 Å². The van der Waals surface area contributed by atoms with Crippen LogP contribution in [-0.4, -0.2) is 109 Å². The summed E-state index contributed by atoms with van der Waals surface area (Å²) < 4.78 is 0. The Morgan fingerprint density at radius 1 is 1.02 bits per heavy atom. The van der Waals surface area contributed by atoms with E-state index in [0.717, 1.165) is 18.0 Å². The Morgan fingerprint density at radius 2 is 1.75 bits per heavy atom. The van der Waals surface area contributed by atoms with Gasteiger partial charge in [0, 0.05) is 64.3 Å². The molecular formula is C29H40N6O5. The average Bonchev–Trinajstić information content (AvgIpc) is 3.20. The number of amides is 3. The number of benzene rings is 1. The molecular weight excluding hydrogens is 512 g/mol. The van der Waals surface area contributed by atoms with Crippen molar-refractivity contribution in [2.45, 2.75) is 45.6 Å². The normalized spacial score (nSPS) is 16.0. The predicted molar refractivity (Wildman–Crippen MR) is 150 cm³/mol. The summed E-state index contributed by atoms with van der Waals surface area (Å²) in [6, 6.07) is 3.92. The van der Waals surface area contributed by atoms with Crippen LogP contribution < -0.4 is 16.4 Å². The van der Waals surface area contributed by atoms with Gasteiger partial charge < -0.3 is 21.3 Å². The van der Waals surface area contributed by atoms with E-state index in [1.807, 2.05) is 11.8 Å². The number of hydrogen-bond acceptors (Lipinski definition) is 9. The van der Waals surface area contributed by atoms with E-state index in [1.165, 1.54) is 6.92 Å². The molecule has 1 aromatic rings. The van der Waals surface area contributed by atoms with Gasteiger partial charge in [0.15, 0.2) is 5.78 Å². The Hall–Kier alpha value is -3.43. The molecule has 11 nitrogen and oxygen atoms in total. The fraction of sp³-hybridized carbons (Fsp3) is 0.552. The summed E-state index contributed by atoms with van der Waals surface area (Å²) in [5.41, 5.74) is 6.47. The molecule has 0 radical (unpaired) electrons. The van der Waals surface area contributed by atoms with Gasteiger partial charge in [-0.2, -0.15) is 0 Å². The molecule has 0 aromatic heterocycles. The molecule has 0 aliphatic carbocycles. The third kappa shape index (κ3) is 8.05. The number of rotatable bonds is 14. The van der Waals surface area contributed by atoms with Gasteiger partial charge in [-0.25, -0.2) is 0 Å². The van der Waals surface area contributed by atoms with Crippen molar-refractivity contribution in [3.8, 4) is 11.8 Å². The minimum Gasteiger partial charge on any atom is -0.339 e. The topological polar surface area (TPSA) is 145 Å². The maximum absolute atomic E-state index is 13.3. The molecule has 1 fully saturated rings. The van der Waals surface area contributed by atoms with Crippen molar-refractivity contribution in [1.29, 1.82) is 0 Å². The van der Waals surface area contributed by atoms with Crippen molar-refractivity contribution in [2.75, 3.05) is 59.0 Å². The van der Waals surface area contributed by atoms with E-state index >= 15 is 0 Å². The Bertz CT molecular complexity index is 1170. The third-order valence-corrected chi connectivity index (χ3v) is 7.13. The summed E-state index contributed by atoms with van der Waals surface area (Å²) >= 11 is 0. The second-order valence-corrected chi connectivity index (χ2v) is 10.00. The van der Waals surface area contributed by atoms with Gasteiger partial charge in [-0.15, -0.1) is 0 Å². The fourth-order valence-electron chi connectivity index (χ4n) is 4.86. The monoisotopic (exact) mass is 552 g/mol. The highest BCUT2D eigenvalue weighted by Gasteiger charge is 2.42. The summed E-state index contributed by atoms with van der Waals surface area (Å²) in [5, 5.41) is 6.30. The average molecular weight is 553 g/mol. The second-order valence-electron chi connectivity index (χ2n) is 10.00. The van der Waals surface area contributed by atoms with Crippen LogP contribution in [0.1, 0.15) is 65.8 Å². The minimum absolute atomic E-state index is 0.00703. The van der Waals surface area contributed by atoms with Crippen molar-refractivity contribution < 1.29 is 24.0 Å². The number of carbonyl (C=O) groups excluding carboxylic acids is 5. The molecule has 3 amide bonds. The van der Waals surface area contributed by atoms with E-state index in [9.17, 15) is 24.0 Å². The first kappa shape index (κ1) is 31.1. The summed E-state index contributed by atoms with van der Waals surface area (Å²) in [6.07, 6.45) is 1.37. The molecule has 1 saturated heterocycles. The van der Waals surface area contributed by atoms with Crippen LogP contribution in [0.25, 0.3) is 0 Å². The van der Waals surface area contributed by atoms with Gasteiger partial charge in [-0.1, -0.05) is 24.8 Å². The number of carbonyl (C=O) groups is 5. The van der Waals surface area contributed by atoms with Crippen molar-refractivity contribution in [2.24, 2.45) is 5.73 Å². The number of nitrogens with zero attached hydrogens (tertiary/aromatic N) is 3. The number of nitrogens with one attached hydrogen (secondary N) is 2. The summed E-state index contributed by atoms with van der Waals surface area (Å²) in [6.45, 7) is 8.51. The van der Waals surface area contributed by atoms with Gasteiger partial charge in [0.05, 0.1) is 30.3 Å². The summed E-state index contributed by atoms with van der Waals surface area (Å²) in [7, 11) is 0. The first-order valence-electron chi connectivity index (χ1n) is 13.9. The van der Waals surface area contributed by atoms with E-state index in [1.54, 1.807) is 18.2 Å². The molecule has 4 N–H and O–H groups in total. The quantitative estimate of drug-likeness (QED) is 0.165. The molecule has 0 saturated carbocycles. The van der Waals surface area contributed by atoms with Gasteiger partial charge in [-0.05, 0) is 31.9 Å². The Labute approximate surface area is 235 Å². The number of hydrogen-bond donors (Lipinski definition) is 3. The standard InChI is InChI=1S/C29H40N6O5/c1-3-6-23(37)10-11-25(21(2)36)35-28(39)24-9-4-7-22(27(24)29(35)40)8-5-12-31-13-14-32-19-26(38)34-17-15-33(20-30)16-18-34/h4,7,9,25,31-32H,3,6,10-20,30H2,1-2H3. The molecule has 40 heavy (non-hydrogen) atoms. The maximum atomic E-state index is 13.3. The van der Waals surface area contributed by atoms with Gasteiger partial charge in [0.2, 0.25) is 5.91 Å². The molecule has 2 aliphatic rings. The van der Waals surface area contributed by atoms with Crippen molar-refractivity contribution >= 4 is 29.3 Å². The maximum Gasteiger partial charge on any atom is 0.263 e. The largest absolute Gasteiger partial charge is 0.339 e. The van der Waals surface area contributed by atoms with E-state index in [2.05, 4.69) is 27.4 Å². The van der Waals surface area contributed by atoms with Crippen molar-refractivity contribution in [1.82, 2.24) is 25.3 Å². The van der Waals surface area contributed by atoms with Crippen LogP contribution in [0.2, 0.25) is 0 Å². The van der Waals surface area contributed by atoms with E-state index in [4.69, 9.17) is 5.73 Å². The Morgan fingerprint density at radius 3 is 2.42 bits per heavy atom. The number of nitrogens with two attached hydrogens (primary N) is 1. The van der Waals surface area contributed by atoms with Crippen LogP contribution in [0.4, 0.5) is 0 Å². The zero-order valence-electron chi connectivity index (χ0n) is 23.5. The smallest absolute Gasteiger partial charge is 0.263 e. The van der Waals surface area contributed by atoms with Gasteiger partial charge >= 0.3 is 0 Å². The van der Waals surface area contributed by atoms with Gasteiger partial charge in [-0.3, -0.25) is 33.8 Å². The van der Waals surface area contributed by atoms with Crippen LogP contribution in [-0.2, 0) is 14.4 Å². The predicted octanol–water partition coefficient (Wildman–Crippen LogP) is -0.0193. The van der Waals surface area contributed by atoms with Crippen LogP contribution in [0.3, 0.4) is 0 Å². The Balaban J connectivity index is 1.49. The number of piperazine rings is 1.